The molecule has 5 rings (SSSR count). The Labute approximate surface area is 203 Å². The second kappa shape index (κ2) is 9.61. The fourth-order valence-electron chi connectivity index (χ4n) is 4.40. The molecule has 9 heteroatoms. The van der Waals surface area contributed by atoms with Gasteiger partial charge in [-0.05, 0) is 44.0 Å². The lowest BCUT2D eigenvalue weighted by Crippen LogP contribution is -2.40. The van der Waals surface area contributed by atoms with Gasteiger partial charge in [0.05, 0.1) is 23.6 Å². The number of nitrogens with two attached hydrogens (primary N) is 1. The Bertz CT molecular complexity index is 1350. The van der Waals surface area contributed by atoms with Crippen LogP contribution in [0.25, 0.3) is 22.3 Å². The Morgan fingerprint density at radius 3 is 2.71 bits per heavy atom. The molecule has 9 nitrogen and oxygen atoms in total. The van der Waals surface area contributed by atoms with Gasteiger partial charge in [-0.2, -0.15) is 10.1 Å². The first-order valence-electron chi connectivity index (χ1n) is 11.8. The van der Waals surface area contributed by atoms with Crippen LogP contribution in [0.3, 0.4) is 0 Å². The minimum atomic E-state index is -0.206. The summed E-state index contributed by atoms with van der Waals surface area (Å²) in [6.45, 7) is 3.45. The first kappa shape index (κ1) is 22.6. The Morgan fingerprint density at radius 2 is 1.91 bits per heavy atom. The molecule has 1 atom stereocenters. The number of nitrogens with zero attached hydrogens (tertiary/aromatic N) is 5. The zero-order valence-electron chi connectivity index (χ0n) is 19.8. The molecule has 1 aliphatic heterocycles. The molecule has 0 saturated carbocycles. The van der Waals surface area contributed by atoms with E-state index in [2.05, 4.69) is 5.10 Å². The van der Waals surface area contributed by atoms with Crippen molar-refractivity contribution in [1.29, 1.82) is 0 Å². The summed E-state index contributed by atoms with van der Waals surface area (Å²) in [5.41, 5.74) is 8.40. The van der Waals surface area contributed by atoms with Crippen molar-refractivity contribution < 1.29 is 14.3 Å². The maximum absolute atomic E-state index is 12.4. The monoisotopic (exact) mass is 472 g/mol. The second-order valence-electron chi connectivity index (χ2n) is 8.56. The molecule has 180 valence electrons. The predicted molar refractivity (Wildman–Crippen MR) is 134 cm³/mol. The molecule has 0 bridgehead atoms. The first-order valence-corrected chi connectivity index (χ1v) is 11.8. The number of carbonyl (C=O) groups is 1. The van der Waals surface area contributed by atoms with Crippen molar-refractivity contribution in [3.05, 3.63) is 54.6 Å². The van der Waals surface area contributed by atoms with E-state index in [9.17, 15) is 4.79 Å². The van der Waals surface area contributed by atoms with Crippen LogP contribution in [0.4, 0.5) is 11.8 Å². The maximum Gasteiger partial charge on any atom is 0.310 e. The summed E-state index contributed by atoms with van der Waals surface area (Å²) < 4.78 is 12.9. The van der Waals surface area contributed by atoms with Crippen LogP contribution in [0.15, 0.2) is 54.6 Å². The summed E-state index contributed by atoms with van der Waals surface area (Å²) in [5.74, 6) is 2.06. The lowest BCUT2D eigenvalue weighted by molar-refractivity contribution is -0.148. The van der Waals surface area contributed by atoms with Crippen LogP contribution < -0.4 is 15.4 Å². The molecule has 3 heterocycles. The highest BCUT2D eigenvalue weighted by Gasteiger charge is 2.29. The van der Waals surface area contributed by atoms with Gasteiger partial charge in [0.2, 0.25) is 5.95 Å². The van der Waals surface area contributed by atoms with E-state index in [1.54, 1.807) is 11.7 Å². The van der Waals surface area contributed by atoms with Crippen LogP contribution in [-0.4, -0.2) is 45.4 Å². The SMILES string of the molecule is CCOC(=O)C1CCCN(c2nc(-c3cccc(Oc4ccccc4)c3)c3c(N)n(C)nc3n2)C1. The quantitative estimate of drug-likeness (QED) is 0.416. The number of benzene rings is 2. The van der Waals surface area contributed by atoms with Crippen molar-refractivity contribution >= 4 is 28.8 Å². The van der Waals surface area contributed by atoms with Crippen LogP contribution in [0.5, 0.6) is 11.5 Å². The topological polar surface area (TPSA) is 108 Å². The van der Waals surface area contributed by atoms with Crippen molar-refractivity contribution in [1.82, 2.24) is 19.7 Å². The van der Waals surface area contributed by atoms with Gasteiger partial charge in [-0.25, -0.2) is 4.98 Å². The standard InChI is InChI=1S/C26H28N6O3/c1-3-34-25(33)18-10-8-14-32(16-18)26-28-22(21-23(27)31(2)30-24(21)29-26)17-9-7-13-20(15-17)35-19-11-5-4-6-12-19/h4-7,9,11-13,15,18H,3,8,10,14,16,27H2,1-2H3. The number of para-hydroxylation sites is 1. The predicted octanol–water partition coefficient (Wildman–Crippen LogP) is 4.18. The minimum Gasteiger partial charge on any atom is -0.466 e. The average Bonchev–Trinajstić information content (AvgIpc) is 3.17. The van der Waals surface area contributed by atoms with Crippen molar-refractivity contribution in [2.24, 2.45) is 13.0 Å². The van der Waals surface area contributed by atoms with E-state index < -0.39 is 0 Å². The molecule has 1 fully saturated rings. The van der Waals surface area contributed by atoms with Gasteiger partial charge in [0.25, 0.3) is 0 Å². The summed E-state index contributed by atoms with van der Waals surface area (Å²) >= 11 is 0. The Balaban J connectivity index is 1.54. The molecule has 2 aromatic heterocycles. The number of nitrogen functional groups attached to an aromatic ring is 1. The highest BCUT2D eigenvalue weighted by Crippen LogP contribution is 2.35. The number of fused-ring (bicyclic) bond motifs is 1. The van der Waals surface area contributed by atoms with Crippen LogP contribution in [0.2, 0.25) is 0 Å². The number of anilines is 2. The summed E-state index contributed by atoms with van der Waals surface area (Å²) in [6.07, 6.45) is 1.64. The largest absolute Gasteiger partial charge is 0.466 e. The normalized spacial score (nSPS) is 15.8. The lowest BCUT2D eigenvalue weighted by atomic mass is 9.98. The van der Waals surface area contributed by atoms with Crippen LogP contribution >= 0.6 is 0 Å². The maximum atomic E-state index is 12.4. The molecule has 2 N–H and O–H groups in total. The molecular formula is C26H28N6O3. The first-order chi connectivity index (χ1) is 17.0. The molecule has 0 aliphatic carbocycles. The molecule has 0 radical (unpaired) electrons. The number of esters is 1. The number of rotatable bonds is 6. The number of ether oxygens (including phenoxy) is 2. The third-order valence-electron chi connectivity index (χ3n) is 6.14. The fraction of sp³-hybridized carbons (Fsp3) is 0.308. The van der Waals surface area contributed by atoms with E-state index >= 15 is 0 Å². The molecular weight excluding hydrogens is 444 g/mol. The van der Waals surface area contributed by atoms with Gasteiger partial charge >= 0.3 is 5.97 Å². The zero-order valence-corrected chi connectivity index (χ0v) is 19.8. The summed E-state index contributed by atoms with van der Waals surface area (Å²) in [6, 6.07) is 17.3. The molecule has 1 aliphatic rings. The van der Waals surface area contributed by atoms with E-state index in [0.717, 1.165) is 30.7 Å². The number of hydrogen-bond acceptors (Lipinski definition) is 8. The van der Waals surface area contributed by atoms with Crippen LogP contribution in [0.1, 0.15) is 19.8 Å². The van der Waals surface area contributed by atoms with E-state index in [0.29, 0.717) is 47.4 Å². The van der Waals surface area contributed by atoms with Gasteiger partial charge in [0, 0.05) is 25.7 Å². The van der Waals surface area contributed by atoms with Crippen LogP contribution in [-0.2, 0) is 16.6 Å². The molecule has 4 aromatic rings. The van der Waals surface area contributed by atoms with Gasteiger partial charge in [-0.15, -0.1) is 0 Å². The van der Waals surface area contributed by atoms with Crippen LogP contribution in [0, 0.1) is 5.92 Å². The molecule has 0 amide bonds. The Kier molecular flexibility index (Phi) is 6.22. The van der Waals surface area contributed by atoms with E-state index in [1.165, 1.54) is 0 Å². The molecule has 1 unspecified atom stereocenters. The Hall–Kier alpha value is -4.14. The van der Waals surface area contributed by atoms with E-state index in [4.69, 9.17) is 25.2 Å². The van der Waals surface area contributed by atoms with Gasteiger partial charge in [0.1, 0.15) is 17.3 Å². The number of aromatic nitrogens is 4. The molecule has 35 heavy (non-hydrogen) atoms. The van der Waals surface area contributed by atoms with E-state index in [1.807, 2.05) is 66.4 Å². The molecule has 1 saturated heterocycles. The summed E-state index contributed by atoms with van der Waals surface area (Å²) in [7, 11) is 1.78. The van der Waals surface area contributed by atoms with Gasteiger partial charge < -0.3 is 20.1 Å². The Morgan fingerprint density at radius 1 is 1.11 bits per heavy atom. The van der Waals surface area contributed by atoms with Crippen molar-refractivity contribution in [2.45, 2.75) is 19.8 Å². The third kappa shape index (κ3) is 4.62. The minimum absolute atomic E-state index is 0.175. The smallest absolute Gasteiger partial charge is 0.310 e. The number of aryl methyl sites for hydroxylation is 1. The second-order valence-corrected chi connectivity index (χ2v) is 8.56. The summed E-state index contributed by atoms with van der Waals surface area (Å²) in [5, 5.41) is 5.21. The van der Waals surface area contributed by atoms with E-state index in [-0.39, 0.29) is 11.9 Å². The van der Waals surface area contributed by atoms with Crippen molar-refractivity contribution in [2.75, 3.05) is 30.3 Å². The third-order valence-corrected chi connectivity index (χ3v) is 6.14. The number of piperidine rings is 1. The average molecular weight is 473 g/mol. The highest BCUT2D eigenvalue weighted by molar-refractivity contribution is 5.99. The molecule has 0 spiro atoms. The fourth-order valence-corrected chi connectivity index (χ4v) is 4.40. The van der Waals surface area contributed by atoms with Gasteiger partial charge in [-0.1, -0.05) is 30.3 Å². The summed E-state index contributed by atoms with van der Waals surface area (Å²) in [4.78, 5) is 24.1. The van der Waals surface area contributed by atoms with Gasteiger partial charge in [-0.3, -0.25) is 9.48 Å². The van der Waals surface area contributed by atoms with Gasteiger partial charge in [0.15, 0.2) is 5.65 Å². The molecule has 2 aromatic carbocycles. The van der Waals surface area contributed by atoms with Crippen molar-refractivity contribution in [3.63, 3.8) is 0 Å². The van der Waals surface area contributed by atoms with Crippen molar-refractivity contribution in [3.8, 4) is 22.8 Å². The highest BCUT2D eigenvalue weighted by atomic mass is 16.5. The zero-order chi connectivity index (χ0) is 24.4. The number of hydrogen-bond donors (Lipinski definition) is 1. The number of carbonyl (C=O) groups excluding carboxylic acids is 1. The lowest BCUT2D eigenvalue weighted by Gasteiger charge is -2.31.